The summed E-state index contributed by atoms with van der Waals surface area (Å²) in [7, 11) is 0. The standard InChI is InChI=1S/C15H25N/c1-14(2)11-8-9-15(3,10-11)13(14)16-12-6-4-5-7-12/h4-5,11-13,16H,6-10H2,1-3H3/t11-,13?,15+/m0/s1. The van der Waals surface area contributed by atoms with E-state index in [1.807, 2.05) is 0 Å². The summed E-state index contributed by atoms with van der Waals surface area (Å²) in [6.07, 6.45) is 11.5. The van der Waals surface area contributed by atoms with Gasteiger partial charge >= 0.3 is 0 Å². The van der Waals surface area contributed by atoms with Gasteiger partial charge < -0.3 is 5.32 Å². The number of hydrogen-bond acceptors (Lipinski definition) is 1. The predicted octanol–water partition coefficient (Wildman–Crippen LogP) is 3.51. The second-order valence-corrected chi connectivity index (χ2v) is 7.15. The van der Waals surface area contributed by atoms with E-state index in [9.17, 15) is 0 Å². The minimum Gasteiger partial charge on any atom is -0.310 e. The molecule has 1 heteroatoms. The SMILES string of the molecule is CC1(C)C(NC2CC=CC2)[C@]2(C)CC[C@H]1C2. The first kappa shape index (κ1) is 10.8. The number of rotatable bonds is 2. The zero-order chi connectivity index (χ0) is 11.4. The Hall–Kier alpha value is -0.300. The molecule has 1 N–H and O–H groups in total. The monoisotopic (exact) mass is 219 g/mol. The molecule has 0 amide bonds. The summed E-state index contributed by atoms with van der Waals surface area (Å²) < 4.78 is 0. The minimum atomic E-state index is 0.510. The molecule has 0 saturated heterocycles. The molecule has 1 unspecified atom stereocenters. The highest BCUT2D eigenvalue weighted by molar-refractivity contribution is 5.13. The van der Waals surface area contributed by atoms with Gasteiger partial charge in [-0.1, -0.05) is 32.9 Å². The summed E-state index contributed by atoms with van der Waals surface area (Å²) in [6.45, 7) is 7.49. The molecule has 3 atom stereocenters. The van der Waals surface area contributed by atoms with Gasteiger partial charge in [-0.2, -0.15) is 0 Å². The lowest BCUT2D eigenvalue weighted by Gasteiger charge is -2.44. The van der Waals surface area contributed by atoms with Crippen molar-refractivity contribution >= 4 is 0 Å². The molecule has 0 aromatic heterocycles. The van der Waals surface area contributed by atoms with Crippen LogP contribution in [-0.4, -0.2) is 12.1 Å². The maximum atomic E-state index is 3.98. The van der Waals surface area contributed by atoms with E-state index in [1.165, 1.54) is 32.1 Å². The number of hydrogen-bond donors (Lipinski definition) is 1. The first-order chi connectivity index (χ1) is 7.52. The quantitative estimate of drug-likeness (QED) is 0.701. The molecule has 0 aromatic rings. The van der Waals surface area contributed by atoms with Gasteiger partial charge in [0.2, 0.25) is 0 Å². The van der Waals surface area contributed by atoms with Gasteiger partial charge in [0.05, 0.1) is 0 Å². The largest absolute Gasteiger partial charge is 0.310 e. The van der Waals surface area contributed by atoms with E-state index >= 15 is 0 Å². The van der Waals surface area contributed by atoms with Crippen molar-refractivity contribution < 1.29 is 0 Å². The molecule has 2 bridgehead atoms. The van der Waals surface area contributed by atoms with E-state index in [2.05, 4.69) is 38.2 Å². The zero-order valence-electron chi connectivity index (χ0n) is 10.9. The Bertz CT molecular complexity index is 305. The maximum Gasteiger partial charge on any atom is 0.0178 e. The zero-order valence-corrected chi connectivity index (χ0v) is 10.9. The van der Waals surface area contributed by atoms with E-state index in [-0.39, 0.29) is 0 Å². The third-order valence-electron chi connectivity index (χ3n) is 5.68. The second kappa shape index (κ2) is 3.35. The highest BCUT2D eigenvalue weighted by Gasteiger charge is 2.59. The molecule has 2 fully saturated rings. The van der Waals surface area contributed by atoms with Gasteiger partial charge in [-0.15, -0.1) is 0 Å². The molecule has 0 heterocycles. The van der Waals surface area contributed by atoms with Gasteiger partial charge in [0.1, 0.15) is 0 Å². The lowest BCUT2D eigenvalue weighted by molar-refractivity contribution is 0.0995. The van der Waals surface area contributed by atoms with Crippen LogP contribution >= 0.6 is 0 Å². The van der Waals surface area contributed by atoms with E-state index < -0.39 is 0 Å². The van der Waals surface area contributed by atoms with E-state index in [4.69, 9.17) is 0 Å². The van der Waals surface area contributed by atoms with Crippen molar-refractivity contribution in [1.82, 2.24) is 5.32 Å². The first-order valence-corrected chi connectivity index (χ1v) is 6.93. The lowest BCUT2D eigenvalue weighted by atomic mass is 9.68. The van der Waals surface area contributed by atoms with Crippen molar-refractivity contribution in [3.8, 4) is 0 Å². The van der Waals surface area contributed by atoms with Crippen LogP contribution in [-0.2, 0) is 0 Å². The summed E-state index contributed by atoms with van der Waals surface area (Å²) in [5.74, 6) is 0.962. The van der Waals surface area contributed by atoms with Gasteiger partial charge in [0.15, 0.2) is 0 Å². The van der Waals surface area contributed by atoms with Crippen LogP contribution in [0.3, 0.4) is 0 Å². The molecular formula is C15H25N. The van der Waals surface area contributed by atoms with Crippen LogP contribution in [0.15, 0.2) is 12.2 Å². The Balaban J connectivity index is 1.77. The Labute approximate surface area is 99.7 Å². The average molecular weight is 219 g/mol. The van der Waals surface area contributed by atoms with Crippen LogP contribution in [0.2, 0.25) is 0 Å². The van der Waals surface area contributed by atoms with Gasteiger partial charge in [-0.25, -0.2) is 0 Å². The third kappa shape index (κ3) is 1.40. The normalized spacial score (nSPS) is 45.7. The summed E-state index contributed by atoms with van der Waals surface area (Å²) in [6, 6.07) is 1.46. The van der Waals surface area contributed by atoms with Gasteiger partial charge in [-0.05, 0) is 48.9 Å². The molecule has 2 saturated carbocycles. The van der Waals surface area contributed by atoms with Crippen LogP contribution in [0, 0.1) is 16.7 Å². The van der Waals surface area contributed by atoms with Gasteiger partial charge in [-0.3, -0.25) is 0 Å². The second-order valence-electron chi connectivity index (χ2n) is 7.15. The van der Waals surface area contributed by atoms with Crippen LogP contribution in [0.4, 0.5) is 0 Å². The van der Waals surface area contributed by atoms with Crippen molar-refractivity contribution in [1.29, 1.82) is 0 Å². The van der Waals surface area contributed by atoms with Crippen LogP contribution in [0.25, 0.3) is 0 Å². The van der Waals surface area contributed by atoms with Gasteiger partial charge in [0.25, 0.3) is 0 Å². The molecule has 16 heavy (non-hydrogen) atoms. The smallest absolute Gasteiger partial charge is 0.0178 e. The Morgan fingerprint density at radius 3 is 2.38 bits per heavy atom. The average Bonchev–Trinajstić information content (AvgIpc) is 2.85. The first-order valence-electron chi connectivity index (χ1n) is 6.93. The Kier molecular flexibility index (Phi) is 2.27. The Morgan fingerprint density at radius 2 is 1.81 bits per heavy atom. The molecule has 0 spiro atoms. The maximum absolute atomic E-state index is 3.98. The van der Waals surface area contributed by atoms with Gasteiger partial charge in [0, 0.05) is 12.1 Å². The van der Waals surface area contributed by atoms with Crippen molar-refractivity contribution in [3.63, 3.8) is 0 Å². The molecule has 0 aliphatic heterocycles. The topological polar surface area (TPSA) is 12.0 Å². The summed E-state index contributed by atoms with van der Waals surface area (Å²) in [4.78, 5) is 0. The Morgan fingerprint density at radius 1 is 1.12 bits per heavy atom. The summed E-state index contributed by atoms with van der Waals surface area (Å²) in [5, 5.41) is 3.98. The third-order valence-corrected chi connectivity index (χ3v) is 5.68. The number of nitrogens with one attached hydrogen (secondary N) is 1. The van der Waals surface area contributed by atoms with Crippen molar-refractivity contribution in [2.45, 2.75) is 65.0 Å². The summed E-state index contributed by atoms with van der Waals surface area (Å²) >= 11 is 0. The fourth-order valence-corrected chi connectivity index (χ4v) is 4.71. The molecule has 1 nitrogen and oxygen atoms in total. The molecular weight excluding hydrogens is 194 g/mol. The number of fused-ring (bicyclic) bond motifs is 2. The van der Waals surface area contributed by atoms with Crippen molar-refractivity contribution in [2.24, 2.45) is 16.7 Å². The summed E-state index contributed by atoms with van der Waals surface area (Å²) in [5.41, 5.74) is 1.09. The van der Waals surface area contributed by atoms with Crippen molar-refractivity contribution in [2.75, 3.05) is 0 Å². The van der Waals surface area contributed by atoms with Crippen LogP contribution in [0.1, 0.15) is 52.9 Å². The van der Waals surface area contributed by atoms with Crippen molar-refractivity contribution in [3.05, 3.63) is 12.2 Å². The molecule has 90 valence electrons. The van der Waals surface area contributed by atoms with Crippen LogP contribution in [0.5, 0.6) is 0 Å². The fraction of sp³-hybridized carbons (Fsp3) is 0.867. The lowest BCUT2D eigenvalue weighted by Crippen LogP contribution is -2.53. The molecule has 0 aromatic carbocycles. The van der Waals surface area contributed by atoms with Crippen LogP contribution < -0.4 is 5.32 Å². The molecule has 0 radical (unpaired) electrons. The highest BCUT2D eigenvalue weighted by Crippen LogP contribution is 2.62. The van der Waals surface area contributed by atoms with E-state index in [1.54, 1.807) is 0 Å². The molecule has 3 rings (SSSR count). The fourth-order valence-electron chi connectivity index (χ4n) is 4.71. The molecule has 3 aliphatic carbocycles. The molecule has 3 aliphatic rings. The van der Waals surface area contributed by atoms with E-state index in [0.29, 0.717) is 10.8 Å². The van der Waals surface area contributed by atoms with E-state index in [0.717, 1.165) is 18.0 Å². The minimum absolute atomic E-state index is 0.510. The highest BCUT2D eigenvalue weighted by atomic mass is 15.0. The predicted molar refractivity (Wildman–Crippen MR) is 68.3 cm³/mol.